The van der Waals surface area contributed by atoms with Gasteiger partial charge in [-0.3, -0.25) is 9.69 Å². The largest absolute Gasteiger partial charge is 0.306 e. The SMILES string of the molecule is CSc1ccccc1N1C(=O)CN(Cc2ccsc2)C[C@H]1C. The van der Waals surface area contributed by atoms with Gasteiger partial charge in [-0.15, -0.1) is 11.8 Å². The smallest absolute Gasteiger partial charge is 0.241 e. The minimum Gasteiger partial charge on any atom is -0.306 e. The molecule has 1 fully saturated rings. The fraction of sp³-hybridized carbons (Fsp3) is 0.353. The van der Waals surface area contributed by atoms with E-state index < -0.39 is 0 Å². The molecular weight excluding hydrogens is 312 g/mol. The summed E-state index contributed by atoms with van der Waals surface area (Å²) in [4.78, 5) is 18.1. The molecule has 1 aliphatic heterocycles. The highest BCUT2D eigenvalue weighted by Crippen LogP contribution is 2.31. The van der Waals surface area contributed by atoms with Crippen LogP contribution in [0.2, 0.25) is 0 Å². The van der Waals surface area contributed by atoms with Crippen molar-refractivity contribution in [2.45, 2.75) is 24.4 Å². The van der Waals surface area contributed by atoms with Crippen molar-refractivity contribution in [1.29, 1.82) is 0 Å². The van der Waals surface area contributed by atoms with Crippen molar-refractivity contribution in [2.24, 2.45) is 0 Å². The molecule has 0 radical (unpaired) electrons. The zero-order valence-electron chi connectivity index (χ0n) is 12.9. The van der Waals surface area contributed by atoms with Crippen LogP contribution in [0, 0.1) is 0 Å². The van der Waals surface area contributed by atoms with Crippen LogP contribution in [-0.4, -0.2) is 36.2 Å². The second-order valence-electron chi connectivity index (χ2n) is 5.59. The molecule has 22 heavy (non-hydrogen) atoms. The first kappa shape index (κ1) is 15.6. The number of benzene rings is 1. The third kappa shape index (κ3) is 3.21. The highest BCUT2D eigenvalue weighted by molar-refractivity contribution is 7.98. The van der Waals surface area contributed by atoms with E-state index in [4.69, 9.17) is 0 Å². The lowest BCUT2D eigenvalue weighted by atomic mass is 10.1. The average Bonchev–Trinajstić information content (AvgIpc) is 3.00. The maximum atomic E-state index is 12.7. The van der Waals surface area contributed by atoms with Crippen LogP contribution in [0.3, 0.4) is 0 Å². The number of nitrogens with zero attached hydrogens (tertiary/aromatic N) is 2. The maximum Gasteiger partial charge on any atom is 0.241 e. The van der Waals surface area contributed by atoms with Gasteiger partial charge in [-0.1, -0.05) is 12.1 Å². The Bertz CT molecular complexity index is 642. The predicted molar refractivity (Wildman–Crippen MR) is 94.8 cm³/mol. The summed E-state index contributed by atoms with van der Waals surface area (Å²) in [5.74, 6) is 0.190. The molecule has 0 saturated carbocycles. The lowest BCUT2D eigenvalue weighted by molar-refractivity contribution is -0.122. The summed E-state index contributed by atoms with van der Waals surface area (Å²) in [6, 6.07) is 10.5. The standard InChI is InChI=1S/C17H20N2OS2/c1-13-9-18(10-14-7-8-22-12-14)11-17(20)19(13)15-5-3-4-6-16(15)21-2/h3-8,12-13H,9-11H2,1-2H3/t13-/m1/s1. The molecule has 3 nitrogen and oxygen atoms in total. The van der Waals surface area contributed by atoms with Crippen LogP contribution in [0.1, 0.15) is 12.5 Å². The van der Waals surface area contributed by atoms with Crippen molar-refractivity contribution in [3.8, 4) is 0 Å². The summed E-state index contributed by atoms with van der Waals surface area (Å²) in [7, 11) is 0. The summed E-state index contributed by atoms with van der Waals surface area (Å²) in [6.07, 6.45) is 2.06. The van der Waals surface area contributed by atoms with E-state index in [1.807, 2.05) is 17.0 Å². The molecule has 2 heterocycles. The molecule has 0 unspecified atom stereocenters. The zero-order valence-corrected chi connectivity index (χ0v) is 14.5. The average molecular weight is 332 g/mol. The number of anilines is 1. The van der Waals surface area contributed by atoms with Crippen LogP contribution in [0.4, 0.5) is 5.69 Å². The third-order valence-corrected chi connectivity index (χ3v) is 5.44. The van der Waals surface area contributed by atoms with Crippen molar-refractivity contribution in [2.75, 3.05) is 24.2 Å². The van der Waals surface area contributed by atoms with Crippen molar-refractivity contribution >= 4 is 34.7 Å². The van der Waals surface area contributed by atoms with Crippen LogP contribution < -0.4 is 4.90 Å². The molecule has 116 valence electrons. The molecule has 5 heteroatoms. The lowest BCUT2D eigenvalue weighted by Gasteiger charge is -2.40. The van der Waals surface area contributed by atoms with Crippen molar-refractivity contribution < 1.29 is 4.79 Å². The molecule has 0 bridgehead atoms. The Kier molecular flexibility index (Phi) is 4.86. The van der Waals surface area contributed by atoms with Gasteiger partial charge in [0.05, 0.1) is 12.2 Å². The molecule has 0 N–H and O–H groups in total. The van der Waals surface area contributed by atoms with E-state index in [1.54, 1.807) is 23.1 Å². The molecule has 1 aromatic heterocycles. The van der Waals surface area contributed by atoms with E-state index in [1.165, 1.54) is 5.56 Å². The molecule has 2 aromatic rings. The van der Waals surface area contributed by atoms with Gasteiger partial charge in [0.15, 0.2) is 0 Å². The first-order valence-corrected chi connectivity index (χ1v) is 9.54. The van der Waals surface area contributed by atoms with E-state index in [-0.39, 0.29) is 11.9 Å². The van der Waals surface area contributed by atoms with E-state index in [2.05, 4.69) is 47.0 Å². The Morgan fingerprint density at radius 2 is 2.14 bits per heavy atom. The zero-order chi connectivity index (χ0) is 15.5. The number of thioether (sulfide) groups is 1. The number of carbonyl (C=O) groups is 1. The summed E-state index contributed by atoms with van der Waals surface area (Å²) < 4.78 is 0. The summed E-state index contributed by atoms with van der Waals surface area (Å²) in [5, 5.41) is 4.25. The highest BCUT2D eigenvalue weighted by atomic mass is 32.2. The number of carbonyl (C=O) groups excluding carboxylic acids is 1. The van der Waals surface area contributed by atoms with Gasteiger partial charge in [0.1, 0.15) is 0 Å². The maximum absolute atomic E-state index is 12.7. The molecule has 1 atom stereocenters. The second-order valence-corrected chi connectivity index (χ2v) is 7.21. The van der Waals surface area contributed by atoms with Gasteiger partial charge in [0, 0.05) is 24.0 Å². The van der Waals surface area contributed by atoms with E-state index in [0.717, 1.165) is 23.7 Å². The number of thiophene rings is 1. The molecular formula is C17H20N2OS2. The predicted octanol–water partition coefficient (Wildman–Crippen LogP) is 3.71. The molecule has 1 aliphatic rings. The first-order chi connectivity index (χ1) is 10.7. The molecule has 1 aromatic carbocycles. The van der Waals surface area contributed by atoms with E-state index >= 15 is 0 Å². The fourth-order valence-electron chi connectivity index (χ4n) is 2.99. The highest BCUT2D eigenvalue weighted by Gasteiger charge is 2.31. The molecule has 0 spiro atoms. The first-order valence-electron chi connectivity index (χ1n) is 7.37. The van der Waals surface area contributed by atoms with Crippen molar-refractivity contribution in [1.82, 2.24) is 4.90 Å². The minimum absolute atomic E-state index is 0.188. The van der Waals surface area contributed by atoms with Crippen LogP contribution in [-0.2, 0) is 11.3 Å². The number of para-hydroxylation sites is 1. The molecule has 1 saturated heterocycles. The van der Waals surface area contributed by atoms with Gasteiger partial charge in [0.25, 0.3) is 0 Å². The topological polar surface area (TPSA) is 23.6 Å². The Morgan fingerprint density at radius 3 is 2.82 bits per heavy atom. The summed E-state index contributed by atoms with van der Waals surface area (Å²) in [5.41, 5.74) is 2.34. The minimum atomic E-state index is 0.188. The van der Waals surface area contributed by atoms with Crippen molar-refractivity contribution in [3.63, 3.8) is 0 Å². The normalized spacial score (nSPS) is 19.6. The Hall–Kier alpha value is -1.30. The number of piperazine rings is 1. The summed E-state index contributed by atoms with van der Waals surface area (Å²) >= 11 is 3.40. The lowest BCUT2D eigenvalue weighted by Crippen LogP contribution is -2.55. The van der Waals surface area contributed by atoms with Crippen LogP contribution in [0.5, 0.6) is 0 Å². The second kappa shape index (κ2) is 6.86. The Labute approximate surface area is 139 Å². The molecule has 1 amide bonds. The monoisotopic (exact) mass is 332 g/mol. The van der Waals surface area contributed by atoms with E-state index in [0.29, 0.717) is 6.54 Å². The third-order valence-electron chi connectivity index (χ3n) is 3.92. The van der Waals surface area contributed by atoms with Gasteiger partial charge >= 0.3 is 0 Å². The van der Waals surface area contributed by atoms with Crippen LogP contribution in [0.15, 0.2) is 46.0 Å². The van der Waals surface area contributed by atoms with Gasteiger partial charge in [-0.05, 0) is 47.7 Å². The Balaban J connectivity index is 1.77. The van der Waals surface area contributed by atoms with E-state index in [9.17, 15) is 4.79 Å². The van der Waals surface area contributed by atoms with Crippen LogP contribution in [0.25, 0.3) is 0 Å². The number of amides is 1. The summed E-state index contributed by atoms with van der Waals surface area (Å²) in [6.45, 7) is 4.39. The van der Waals surface area contributed by atoms with Gasteiger partial charge in [-0.25, -0.2) is 0 Å². The number of hydrogen-bond acceptors (Lipinski definition) is 4. The van der Waals surface area contributed by atoms with Gasteiger partial charge in [0.2, 0.25) is 5.91 Å². The Morgan fingerprint density at radius 1 is 1.32 bits per heavy atom. The van der Waals surface area contributed by atoms with Gasteiger partial charge < -0.3 is 4.90 Å². The van der Waals surface area contributed by atoms with Gasteiger partial charge in [-0.2, -0.15) is 11.3 Å². The molecule has 3 rings (SSSR count). The fourth-order valence-corrected chi connectivity index (χ4v) is 4.24. The quantitative estimate of drug-likeness (QED) is 0.798. The van der Waals surface area contributed by atoms with Crippen LogP contribution >= 0.6 is 23.1 Å². The molecule has 0 aliphatic carbocycles. The number of rotatable bonds is 4. The number of hydrogen-bond donors (Lipinski definition) is 0. The van der Waals surface area contributed by atoms with Crippen molar-refractivity contribution in [3.05, 3.63) is 46.7 Å².